The van der Waals surface area contributed by atoms with Crippen molar-refractivity contribution in [1.82, 2.24) is 20.9 Å². The Morgan fingerprint density at radius 1 is 0.846 bits per heavy atom. The first-order valence-electron chi connectivity index (χ1n) is 19.7. The molecule has 0 radical (unpaired) electrons. The molecule has 0 aromatic rings. The Bertz CT molecular complexity index is 949. The van der Waals surface area contributed by atoms with Crippen LogP contribution in [0.15, 0.2) is 0 Å². The minimum atomic E-state index is -1.04. The molecule has 7 atom stereocenters. The number of carbonyl (C=O) groups excluding carboxylic acids is 2. The molecule has 0 saturated carbocycles. The Labute approximate surface area is 331 Å². The summed E-state index contributed by atoms with van der Waals surface area (Å²) in [5.74, 6) is 1.92. The van der Waals surface area contributed by atoms with Crippen molar-refractivity contribution in [3.8, 4) is 0 Å². The minimum Gasteiger partial charge on any atom is -0.391 e. The lowest BCUT2D eigenvalue weighted by atomic mass is 9.55. The summed E-state index contributed by atoms with van der Waals surface area (Å²) in [4.78, 5) is 25.5. The van der Waals surface area contributed by atoms with Gasteiger partial charge in [0.2, 0.25) is 6.41 Å². The summed E-state index contributed by atoms with van der Waals surface area (Å²) in [6.07, 6.45) is 5.90. The quantitative estimate of drug-likeness (QED) is 0.0201. The molecule has 1 saturated heterocycles. The average molecular weight is 799 g/mol. The molecule has 0 spiro atoms. The van der Waals surface area contributed by atoms with Crippen LogP contribution in [-0.2, 0) is 19.0 Å². The highest BCUT2D eigenvalue weighted by molar-refractivity contribution is 7.80. The van der Waals surface area contributed by atoms with Crippen molar-refractivity contribution in [2.24, 2.45) is 11.3 Å². The third kappa shape index (κ3) is 14.5. The second-order valence-electron chi connectivity index (χ2n) is 14.1. The fourth-order valence-corrected chi connectivity index (χ4v) is 8.42. The number of amides is 3. The number of rotatable bonds is 35. The molecular weight excluding hydrogens is 725 g/mol. The van der Waals surface area contributed by atoms with Gasteiger partial charge in [0.05, 0.1) is 49.2 Å². The van der Waals surface area contributed by atoms with Crippen LogP contribution in [0.4, 0.5) is 4.79 Å². The summed E-state index contributed by atoms with van der Waals surface area (Å²) >= 11 is 12.9. The number of thiol groups is 3. The molecule has 1 aliphatic heterocycles. The number of unbranched alkanes of at least 4 members (excludes halogenated alkanes) is 3. The highest BCUT2D eigenvalue weighted by Crippen LogP contribution is 2.63. The predicted octanol–water partition coefficient (Wildman–Crippen LogP) is 3.72. The number of hydrogen-bond acceptors (Lipinski definition) is 12. The van der Waals surface area contributed by atoms with Gasteiger partial charge in [0, 0.05) is 46.0 Å². The van der Waals surface area contributed by atoms with E-state index in [1.54, 1.807) is 0 Å². The van der Waals surface area contributed by atoms with Crippen molar-refractivity contribution in [3.05, 3.63) is 0 Å². The average Bonchev–Trinajstić information content (AvgIpc) is 3.86. The largest absolute Gasteiger partial charge is 0.391 e. The highest BCUT2D eigenvalue weighted by atomic mass is 32.1. The normalized spacial score (nSPS) is 21.9. The molecule has 3 amide bonds. The van der Waals surface area contributed by atoms with Crippen molar-refractivity contribution < 1.29 is 39.1 Å². The van der Waals surface area contributed by atoms with Crippen molar-refractivity contribution >= 4 is 50.3 Å². The molecule has 6 N–H and O–H groups in total. The lowest BCUT2D eigenvalue weighted by molar-refractivity contribution is -0.109. The molecule has 52 heavy (non-hydrogen) atoms. The second kappa shape index (κ2) is 28.0. The summed E-state index contributed by atoms with van der Waals surface area (Å²) in [5, 5.41) is 45.2. The van der Waals surface area contributed by atoms with Gasteiger partial charge in [-0.1, -0.05) is 33.6 Å². The van der Waals surface area contributed by atoms with Gasteiger partial charge in [-0.25, -0.2) is 4.79 Å². The molecule has 7 unspecified atom stereocenters. The van der Waals surface area contributed by atoms with Crippen LogP contribution in [0, 0.1) is 11.3 Å². The van der Waals surface area contributed by atoms with Gasteiger partial charge in [-0.2, -0.15) is 37.9 Å². The molecule has 0 aromatic heterocycles. The molecule has 0 bridgehead atoms. The zero-order valence-corrected chi connectivity index (χ0v) is 35.2. The molecule has 308 valence electrons. The first kappa shape index (κ1) is 49.5. The molecule has 0 aromatic carbocycles. The van der Waals surface area contributed by atoms with Crippen molar-refractivity contribution in [1.29, 1.82) is 0 Å². The van der Waals surface area contributed by atoms with Crippen molar-refractivity contribution in [3.63, 3.8) is 0 Å². The van der Waals surface area contributed by atoms with Gasteiger partial charge in [-0.3, -0.25) is 10.1 Å². The van der Waals surface area contributed by atoms with Crippen LogP contribution in [-0.4, -0.2) is 145 Å². The summed E-state index contributed by atoms with van der Waals surface area (Å²) in [6.45, 7) is 12.1. The Kier molecular flexibility index (Phi) is 26.7. The van der Waals surface area contributed by atoms with E-state index in [-0.39, 0.29) is 31.8 Å². The topological polar surface area (TPSA) is 172 Å². The van der Waals surface area contributed by atoms with Gasteiger partial charge >= 0.3 is 6.03 Å². The molecule has 15 heteroatoms. The number of aliphatic hydroxyl groups excluding tert-OH is 3. The van der Waals surface area contributed by atoms with Crippen LogP contribution >= 0.6 is 37.9 Å². The lowest BCUT2D eigenvalue weighted by Gasteiger charge is -2.50. The minimum absolute atomic E-state index is 0.0514. The number of urea groups is 1. The summed E-state index contributed by atoms with van der Waals surface area (Å²) in [7, 11) is 0. The number of nitrogens with one attached hydrogen (secondary N) is 3. The fourth-order valence-electron chi connectivity index (χ4n) is 8.03. The van der Waals surface area contributed by atoms with Gasteiger partial charge < -0.3 is 45.1 Å². The third-order valence-corrected chi connectivity index (χ3v) is 11.9. The Hall–Kier alpha value is -0.490. The van der Waals surface area contributed by atoms with E-state index in [1.165, 1.54) is 0 Å². The van der Waals surface area contributed by atoms with Gasteiger partial charge in [0.15, 0.2) is 0 Å². The summed E-state index contributed by atoms with van der Waals surface area (Å²) < 4.78 is 17.8. The molecule has 0 aliphatic carbocycles. The number of aliphatic hydroxyl groups is 3. The van der Waals surface area contributed by atoms with E-state index >= 15 is 0 Å². The van der Waals surface area contributed by atoms with Crippen molar-refractivity contribution in [2.75, 3.05) is 83.1 Å². The van der Waals surface area contributed by atoms with Crippen LogP contribution in [0.5, 0.6) is 0 Å². The Morgan fingerprint density at radius 3 is 1.92 bits per heavy atom. The molecule has 1 fully saturated rings. The number of ether oxygens (including phenoxy) is 3. The molecule has 1 rings (SSSR count). The number of carbonyl (C=O) groups is 2. The van der Waals surface area contributed by atoms with Gasteiger partial charge in [0.1, 0.15) is 0 Å². The van der Waals surface area contributed by atoms with E-state index in [2.05, 4.69) is 67.7 Å². The van der Waals surface area contributed by atoms with E-state index in [9.17, 15) is 24.9 Å². The van der Waals surface area contributed by atoms with Gasteiger partial charge in [0.25, 0.3) is 0 Å². The maximum Gasteiger partial charge on any atom is 0.317 e. The fraction of sp³-hybridized carbons (Fsp3) is 0.946. The number of hydrogen-bond donors (Lipinski definition) is 9. The van der Waals surface area contributed by atoms with E-state index in [0.29, 0.717) is 95.4 Å². The number of nitrogens with zero attached hydrogens (tertiary/aromatic N) is 1. The smallest absolute Gasteiger partial charge is 0.317 e. The maximum atomic E-state index is 13.3. The predicted molar refractivity (Wildman–Crippen MR) is 219 cm³/mol. The Balaban J connectivity index is 3.40. The standard InChI is InChI=1S/C37H74N4O8S3/c1-5-35(25-31(43)26-47-19-12-22-50,30(4)15-18-41(7-3)34(46)39-17-11-9-8-10-16-38-29-42)37(33(45)28-49-21-14-24-52)36(6-2,40-37)32(44)27-48-20-13-23-51/h29-33,40,43-45,50-52H,5-28H2,1-4H3,(H,38,42)(H,39,46). The highest BCUT2D eigenvalue weighted by Gasteiger charge is 2.80. The van der Waals surface area contributed by atoms with E-state index in [4.69, 9.17) is 14.2 Å². The maximum absolute atomic E-state index is 13.3. The van der Waals surface area contributed by atoms with Crippen LogP contribution in [0.2, 0.25) is 0 Å². The van der Waals surface area contributed by atoms with E-state index < -0.39 is 34.8 Å². The van der Waals surface area contributed by atoms with Gasteiger partial charge in [-0.05, 0) is 93.3 Å². The zero-order chi connectivity index (χ0) is 38.9. The second-order valence-corrected chi connectivity index (χ2v) is 15.4. The van der Waals surface area contributed by atoms with Crippen LogP contribution < -0.4 is 16.0 Å². The van der Waals surface area contributed by atoms with E-state index in [0.717, 1.165) is 44.9 Å². The summed E-state index contributed by atoms with van der Waals surface area (Å²) in [5.41, 5.74) is -2.70. The monoisotopic (exact) mass is 798 g/mol. The molecule has 12 nitrogen and oxygen atoms in total. The Morgan fingerprint density at radius 2 is 1.40 bits per heavy atom. The first-order valence-corrected chi connectivity index (χ1v) is 21.6. The van der Waals surface area contributed by atoms with E-state index in [1.807, 2.05) is 18.7 Å². The van der Waals surface area contributed by atoms with Crippen LogP contribution in [0.1, 0.15) is 98.3 Å². The molecule has 1 heterocycles. The first-order chi connectivity index (χ1) is 25.1. The zero-order valence-electron chi connectivity index (χ0n) is 32.5. The SMILES string of the molecule is CCN(CCC(C)C(CC)(CC(O)COCCCS)C1(C(O)COCCCS)NC1(CC)C(O)COCCCS)C(=O)NCCCCCCNC=O. The third-order valence-electron chi connectivity index (χ3n) is 11.0. The van der Waals surface area contributed by atoms with Crippen molar-refractivity contribution in [2.45, 2.75) is 128 Å². The molecule has 1 aliphatic rings. The lowest BCUT2D eigenvalue weighted by Crippen LogP contribution is -2.60. The van der Waals surface area contributed by atoms with Crippen LogP contribution in [0.3, 0.4) is 0 Å². The molecular formula is C37H74N4O8S3. The van der Waals surface area contributed by atoms with Gasteiger partial charge in [-0.15, -0.1) is 0 Å². The van der Waals surface area contributed by atoms with Crippen LogP contribution in [0.25, 0.3) is 0 Å². The summed E-state index contributed by atoms with van der Waals surface area (Å²) in [6, 6.07) is -0.120.